The van der Waals surface area contributed by atoms with E-state index in [9.17, 15) is 9.00 Å². The van der Waals surface area contributed by atoms with E-state index in [0.717, 1.165) is 10.6 Å². The average Bonchev–Trinajstić information content (AvgIpc) is 2.63. The molecule has 0 aliphatic heterocycles. The first-order valence-electron chi connectivity index (χ1n) is 4.85. The van der Waals surface area contributed by atoms with E-state index < -0.39 is 9.73 Å². The topological polar surface area (TPSA) is 55.7 Å². The molecule has 0 fully saturated rings. The molecule has 0 atom stereocenters. The summed E-state index contributed by atoms with van der Waals surface area (Å²) in [4.78, 5) is 11.9. The number of thioether (sulfide) groups is 1. The summed E-state index contributed by atoms with van der Waals surface area (Å²) in [6.07, 6.45) is 3.57. The summed E-state index contributed by atoms with van der Waals surface area (Å²) in [6.45, 7) is 0. The lowest BCUT2D eigenvalue weighted by Gasteiger charge is -2.01. The number of hydrogen-bond donors (Lipinski definition) is 0. The van der Waals surface area contributed by atoms with Gasteiger partial charge in [-0.05, 0) is 0 Å². The molecule has 0 unspecified atom stereocenters. The fourth-order valence-corrected chi connectivity index (χ4v) is 3.66. The number of thiophene rings is 1. The number of methoxy groups -OCH3 is 1. The van der Waals surface area contributed by atoms with Crippen LogP contribution in [0.25, 0.3) is 0 Å². The Hall–Kier alpha value is -0.530. The Morgan fingerprint density at radius 3 is 2.82 bits per heavy atom. The van der Waals surface area contributed by atoms with Crippen LogP contribution in [-0.2, 0) is 19.3 Å². The minimum Gasteiger partial charge on any atom is -0.469 e. The Labute approximate surface area is 110 Å². The van der Waals surface area contributed by atoms with Gasteiger partial charge in [-0.2, -0.15) is 4.36 Å². The Morgan fingerprint density at radius 1 is 1.53 bits per heavy atom. The normalized spacial score (nSPS) is 11.2. The van der Waals surface area contributed by atoms with Gasteiger partial charge in [-0.1, -0.05) is 0 Å². The zero-order chi connectivity index (χ0) is 12.9. The maximum Gasteiger partial charge on any atom is 0.306 e. The number of ether oxygens (including phenoxy) is 1. The van der Waals surface area contributed by atoms with Gasteiger partial charge in [0.2, 0.25) is 0 Å². The predicted molar refractivity (Wildman–Crippen MR) is 73.8 cm³/mol. The molecule has 1 rings (SSSR count). The third-order valence-electron chi connectivity index (χ3n) is 1.72. The smallest absolute Gasteiger partial charge is 0.306 e. The zero-order valence-electron chi connectivity index (χ0n) is 9.97. The van der Waals surface area contributed by atoms with Gasteiger partial charge in [0.15, 0.2) is 0 Å². The van der Waals surface area contributed by atoms with Crippen LogP contribution in [-0.4, -0.2) is 35.6 Å². The lowest BCUT2D eigenvalue weighted by Crippen LogP contribution is -2.00. The molecule has 0 aromatic carbocycles. The summed E-state index contributed by atoms with van der Waals surface area (Å²) in [6, 6.07) is 0. The molecule has 0 aliphatic rings. The van der Waals surface area contributed by atoms with Crippen molar-refractivity contribution in [2.45, 2.75) is 11.3 Å². The maximum absolute atomic E-state index is 11.6. The predicted octanol–water partition coefficient (Wildman–Crippen LogP) is 2.76. The van der Waals surface area contributed by atoms with Crippen molar-refractivity contribution in [3.8, 4) is 0 Å². The molecule has 0 spiro atoms. The van der Waals surface area contributed by atoms with Crippen LogP contribution in [0.3, 0.4) is 0 Å². The Kier molecular flexibility index (Phi) is 5.48. The molecule has 96 valence electrons. The average molecular weight is 293 g/mol. The van der Waals surface area contributed by atoms with Gasteiger partial charge in [-0.15, -0.1) is 23.1 Å². The molecular formula is C10H15NO3S3. The van der Waals surface area contributed by atoms with E-state index in [4.69, 9.17) is 0 Å². The van der Waals surface area contributed by atoms with Gasteiger partial charge in [0.05, 0.1) is 19.2 Å². The van der Waals surface area contributed by atoms with Crippen molar-refractivity contribution in [1.29, 1.82) is 0 Å². The number of carbonyl (C=O) groups is 1. The molecule has 4 nitrogen and oxygen atoms in total. The summed E-state index contributed by atoms with van der Waals surface area (Å²) in [7, 11) is -0.762. The van der Waals surface area contributed by atoms with Crippen LogP contribution in [0.5, 0.6) is 0 Å². The van der Waals surface area contributed by atoms with Crippen LogP contribution < -0.4 is 0 Å². The number of esters is 1. The van der Waals surface area contributed by atoms with Crippen molar-refractivity contribution in [1.82, 2.24) is 0 Å². The first-order chi connectivity index (χ1) is 7.92. The van der Waals surface area contributed by atoms with Crippen molar-refractivity contribution in [2.75, 3.05) is 25.4 Å². The fourth-order valence-electron chi connectivity index (χ4n) is 1.04. The first kappa shape index (κ1) is 14.5. The second kappa shape index (κ2) is 6.42. The summed E-state index contributed by atoms with van der Waals surface area (Å²) in [5.41, 5.74) is 0.750. The highest BCUT2D eigenvalue weighted by atomic mass is 32.2. The molecule has 0 aliphatic carbocycles. The Bertz CT molecular complexity index is 493. The van der Waals surface area contributed by atoms with Crippen LogP contribution in [0.2, 0.25) is 0 Å². The van der Waals surface area contributed by atoms with Gasteiger partial charge >= 0.3 is 5.97 Å². The van der Waals surface area contributed by atoms with E-state index in [1.807, 2.05) is 10.8 Å². The standard InChI is InChI=1S/C10H15NO3S3/c1-14-10(12)4-5-16-9-7-15-6-8(9)11-17(2,3)13/h6-7H,4-5H2,1-3H3. The highest BCUT2D eigenvalue weighted by molar-refractivity contribution is 7.99. The molecule has 0 bridgehead atoms. The van der Waals surface area contributed by atoms with Crippen molar-refractivity contribution in [3.63, 3.8) is 0 Å². The molecule has 0 N–H and O–H groups in total. The molecular weight excluding hydrogens is 278 g/mol. The Balaban J connectivity index is 2.65. The highest BCUT2D eigenvalue weighted by Gasteiger charge is 2.07. The molecule has 0 amide bonds. The maximum atomic E-state index is 11.6. The molecule has 1 heterocycles. The lowest BCUT2D eigenvalue weighted by atomic mass is 10.5. The minimum atomic E-state index is -2.14. The van der Waals surface area contributed by atoms with Gasteiger partial charge in [0.25, 0.3) is 0 Å². The van der Waals surface area contributed by atoms with E-state index in [1.54, 1.807) is 12.5 Å². The van der Waals surface area contributed by atoms with Crippen LogP contribution in [0.4, 0.5) is 5.69 Å². The molecule has 1 aromatic rings. The largest absolute Gasteiger partial charge is 0.469 e. The van der Waals surface area contributed by atoms with Crippen molar-refractivity contribution in [3.05, 3.63) is 10.8 Å². The number of nitrogens with zero attached hydrogens (tertiary/aromatic N) is 1. The van der Waals surface area contributed by atoms with Crippen molar-refractivity contribution in [2.24, 2.45) is 4.36 Å². The van der Waals surface area contributed by atoms with Gasteiger partial charge in [-0.25, -0.2) is 4.21 Å². The van der Waals surface area contributed by atoms with E-state index >= 15 is 0 Å². The van der Waals surface area contributed by atoms with E-state index in [-0.39, 0.29) is 5.97 Å². The van der Waals surface area contributed by atoms with Crippen LogP contribution in [0.15, 0.2) is 20.0 Å². The van der Waals surface area contributed by atoms with Crippen LogP contribution in [0, 0.1) is 0 Å². The van der Waals surface area contributed by atoms with Gasteiger partial charge in [0, 0.05) is 43.6 Å². The van der Waals surface area contributed by atoms with Gasteiger partial charge < -0.3 is 4.74 Å². The third-order valence-corrected chi connectivity index (χ3v) is 4.28. The summed E-state index contributed by atoms with van der Waals surface area (Å²) < 4.78 is 20.3. The lowest BCUT2D eigenvalue weighted by molar-refractivity contribution is -0.140. The van der Waals surface area contributed by atoms with Gasteiger partial charge in [0.1, 0.15) is 0 Å². The second-order valence-corrected chi connectivity index (χ2v) is 7.99. The van der Waals surface area contributed by atoms with Crippen LogP contribution in [0.1, 0.15) is 6.42 Å². The number of carbonyl (C=O) groups excluding carboxylic acids is 1. The molecule has 0 saturated carbocycles. The van der Waals surface area contributed by atoms with E-state index in [1.165, 1.54) is 30.2 Å². The molecule has 7 heteroatoms. The molecule has 17 heavy (non-hydrogen) atoms. The first-order valence-corrected chi connectivity index (χ1v) is 9.11. The van der Waals surface area contributed by atoms with Crippen LogP contribution >= 0.6 is 23.1 Å². The fraction of sp³-hybridized carbons (Fsp3) is 0.500. The third kappa shape index (κ3) is 5.56. The quantitative estimate of drug-likeness (QED) is 0.619. The van der Waals surface area contributed by atoms with E-state index in [0.29, 0.717) is 12.2 Å². The monoisotopic (exact) mass is 293 g/mol. The Morgan fingerprint density at radius 2 is 2.24 bits per heavy atom. The molecule has 0 radical (unpaired) electrons. The van der Waals surface area contributed by atoms with Crippen molar-refractivity contribution >= 4 is 44.5 Å². The molecule has 1 aromatic heterocycles. The summed E-state index contributed by atoms with van der Waals surface area (Å²) in [5, 5.41) is 3.82. The summed E-state index contributed by atoms with van der Waals surface area (Å²) >= 11 is 3.04. The van der Waals surface area contributed by atoms with Gasteiger partial charge in [-0.3, -0.25) is 4.79 Å². The summed E-state index contributed by atoms with van der Waals surface area (Å²) in [5.74, 6) is 0.418. The SMILES string of the molecule is COC(=O)CCSc1cscc1N=S(C)(C)=O. The molecule has 0 saturated heterocycles. The highest BCUT2D eigenvalue weighted by Crippen LogP contribution is 2.34. The minimum absolute atomic E-state index is 0.221. The second-order valence-electron chi connectivity index (χ2n) is 3.57. The zero-order valence-corrected chi connectivity index (χ0v) is 12.4. The number of hydrogen-bond acceptors (Lipinski definition) is 6. The number of rotatable bonds is 5. The van der Waals surface area contributed by atoms with Crippen molar-refractivity contribution < 1.29 is 13.7 Å². The van der Waals surface area contributed by atoms with E-state index in [2.05, 4.69) is 9.10 Å².